The number of aryl methyl sites for hydroxylation is 1. The number of rotatable bonds is 5. The van der Waals surface area contributed by atoms with Crippen LogP contribution in [0.5, 0.6) is 0 Å². The summed E-state index contributed by atoms with van der Waals surface area (Å²) in [5.41, 5.74) is 5.73. The highest BCUT2D eigenvalue weighted by molar-refractivity contribution is 6.67. The number of pyridine rings is 1. The maximum absolute atomic E-state index is 12.0. The molecule has 0 saturated carbocycles. The van der Waals surface area contributed by atoms with E-state index in [0.717, 1.165) is 33.3 Å². The lowest BCUT2D eigenvalue weighted by atomic mass is 9.87. The molecule has 5 aromatic rings. The molecule has 0 aliphatic heterocycles. The van der Waals surface area contributed by atoms with Gasteiger partial charge in [-0.25, -0.2) is 9.97 Å². The van der Waals surface area contributed by atoms with E-state index in [1.165, 1.54) is 0 Å². The summed E-state index contributed by atoms with van der Waals surface area (Å²) in [4.78, 5) is 20.8. The Balaban J connectivity index is 0.00000289. The highest BCUT2D eigenvalue weighted by Gasteiger charge is 2.21. The number of carbonyl (C=O) groups is 1. The van der Waals surface area contributed by atoms with E-state index in [4.69, 9.17) is 34.8 Å². The lowest BCUT2D eigenvalue weighted by molar-refractivity contribution is 0.107. The van der Waals surface area contributed by atoms with Crippen LogP contribution in [0.3, 0.4) is 0 Å². The van der Waals surface area contributed by atoms with Gasteiger partial charge in [-0.1, -0.05) is 53.5 Å². The summed E-state index contributed by atoms with van der Waals surface area (Å²) in [5, 5.41) is 1.56. The van der Waals surface area contributed by atoms with E-state index in [2.05, 4.69) is 16.0 Å². The first-order valence-corrected chi connectivity index (χ1v) is 11.7. The molecule has 2 aromatic heterocycles. The highest BCUT2D eigenvalue weighted by Crippen LogP contribution is 2.37. The van der Waals surface area contributed by atoms with Crippen LogP contribution in [0.25, 0.3) is 22.0 Å². The van der Waals surface area contributed by atoms with Crippen LogP contribution in [0.15, 0.2) is 85.3 Å². The topological polar surface area (TPSA) is 47.8 Å². The third kappa shape index (κ3) is 5.07. The van der Waals surface area contributed by atoms with Crippen molar-refractivity contribution in [1.29, 1.82) is 0 Å². The van der Waals surface area contributed by atoms with Gasteiger partial charge in [-0.2, -0.15) is 0 Å². The van der Waals surface area contributed by atoms with Crippen LogP contribution < -0.4 is 0 Å². The molecule has 0 spiro atoms. The van der Waals surface area contributed by atoms with Gasteiger partial charge < -0.3 is 4.57 Å². The molecular weight excluding hydrogens is 524 g/mol. The van der Waals surface area contributed by atoms with E-state index < -0.39 is 5.24 Å². The van der Waals surface area contributed by atoms with Crippen LogP contribution in [0, 0.1) is 0 Å². The number of aromatic nitrogens is 3. The van der Waals surface area contributed by atoms with Crippen molar-refractivity contribution in [3.8, 4) is 11.1 Å². The van der Waals surface area contributed by atoms with Crippen molar-refractivity contribution in [1.82, 2.24) is 14.5 Å². The molecule has 0 aliphatic carbocycles. The van der Waals surface area contributed by atoms with Crippen molar-refractivity contribution in [3.05, 3.63) is 118 Å². The minimum absolute atomic E-state index is 0. The zero-order chi connectivity index (χ0) is 23.8. The predicted octanol–water partition coefficient (Wildman–Crippen LogP) is 7.92. The Morgan fingerprint density at radius 2 is 1.66 bits per heavy atom. The van der Waals surface area contributed by atoms with Crippen LogP contribution in [0.4, 0.5) is 0 Å². The van der Waals surface area contributed by atoms with Gasteiger partial charge in [0.25, 0.3) is 5.24 Å². The Bertz CT molecular complexity index is 1530. The van der Waals surface area contributed by atoms with E-state index in [1.54, 1.807) is 12.4 Å². The minimum atomic E-state index is -0.608. The van der Waals surface area contributed by atoms with Gasteiger partial charge in [0.15, 0.2) is 0 Å². The van der Waals surface area contributed by atoms with Gasteiger partial charge in [-0.05, 0) is 76.3 Å². The van der Waals surface area contributed by atoms with Crippen LogP contribution in [0.1, 0.15) is 33.2 Å². The number of fused-ring (bicyclic) bond motifs is 1. The molecule has 35 heavy (non-hydrogen) atoms. The first kappa shape index (κ1) is 25.2. The summed E-state index contributed by atoms with van der Waals surface area (Å²) < 4.78 is 2.01. The average Bonchev–Trinajstić information content (AvgIpc) is 3.25. The van der Waals surface area contributed by atoms with Gasteiger partial charge in [0, 0.05) is 34.4 Å². The zero-order valence-electron chi connectivity index (χ0n) is 18.5. The summed E-state index contributed by atoms with van der Waals surface area (Å²) in [6, 6.07) is 23.1. The zero-order valence-corrected chi connectivity index (χ0v) is 21.5. The average molecular weight is 543 g/mol. The van der Waals surface area contributed by atoms with Gasteiger partial charge in [0.1, 0.15) is 5.69 Å². The van der Waals surface area contributed by atoms with Crippen molar-refractivity contribution in [2.24, 2.45) is 7.05 Å². The van der Waals surface area contributed by atoms with E-state index in [0.29, 0.717) is 15.6 Å². The third-order valence-electron chi connectivity index (χ3n) is 5.86. The summed E-state index contributed by atoms with van der Waals surface area (Å²) >= 11 is 18.2. The van der Waals surface area contributed by atoms with Gasteiger partial charge in [0.2, 0.25) is 0 Å². The van der Waals surface area contributed by atoms with Gasteiger partial charge in [-0.15, -0.1) is 12.4 Å². The summed E-state index contributed by atoms with van der Waals surface area (Å²) in [7, 11) is 1.98. The molecule has 8 heteroatoms. The maximum Gasteiger partial charge on any atom is 0.270 e. The number of hydrogen-bond acceptors (Lipinski definition) is 3. The molecule has 0 radical (unpaired) electrons. The molecule has 1 unspecified atom stereocenters. The predicted molar refractivity (Wildman–Crippen MR) is 145 cm³/mol. The molecule has 0 fully saturated rings. The molecule has 0 N–H and O–H groups in total. The number of nitrogens with zero attached hydrogens (tertiary/aromatic N) is 3. The smallest absolute Gasteiger partial charge is 0.270 e. The maximum atomic E-state index is 12.0. The highest BCUT2D eigenvalue weighted by atomic mass is 35.5. The molecule has 3 aromatic carbocycles. The second-order valence-electron chi connectivity index (χ2n) is 8.03. The van der Waals surface area contributed by atoms with Crippen LogP contribution in [-0.4, -0.2) is 19.8 Å². The summed E-state index contributed by atoms with van der Waals surface area (Å²) in [5.74, 6) is -0.0873. The lowest BCUT2D eigenvalue weighted by Crippen LogP contribution is -2.08. The third-order valence-corrected chi connectivity index (χ3v) is 6.54. The molecule has 0 bridgehead atoms. The fourth-order valence-corrected chi connectivity index (χ4v) is 4.67. The van der Waals surface area contributed by atoms with Crippen molar-refractivity contribution < 1.29 is 4.79 Å². The van der Waals surface area contributed by atoms with Crippen molar-refractivity contribution >= 4 is 63.4 Å². The Morgan fingerprint density at radius 1 is 0.914 bits per heavy atom. The van der Waals surface area contributed by atoms with Crippen molar-refractivity contribution in [2.75, 3.05) is 0 Å². The quantitative estimate of drug-likeness (QED) is 0.212. The summed E-state index contributed by atoms with van der Waals surface area (Å²) in [6.07, 6.45) is 3.66. The number of halogens is 4. The fraction of sp³-hybridized carbons (Fsp3) is 0.0741. The Morgan fingerprint density at radius 3 is 2.31 bits per heavy atom. The monoisotopic (exact) mass is 541 g/mol. The Labute approximate surface area is 223 Å². The number of carbonyl (C=O) groups excluding carboxylic acids is 1. The molecule has 0 aliphatic rings. The molecular formula is C27H19Cl4N3O. The second kappa shape index (κ2) is 10.4. The van der Waals surface area contributed by atoms with Gasteiger partial charge >= 0.3 is 0 Å². The molecule has 0 saturated heterocycles. The van der Waals surface area contributed by atoms with E-state index in [-0.39, 0.29) is 24.0 Å². The van der Waals surface area contributed by atoms with Crippen molar-refractivity contribution in [2.45, 2.75) is 5.92 Å². The largest absolute Gasteiger partial charge is 0.337 e. The molecule has 5 rings (SSSR count). The normalized spacial score (nSPS) is 11.8. The minimum Gasteiger partial charge on any atom is -0.337 e. The fourth-order valence-electron chi connectivity index (χ4n) is 4.25. The van der Waals surface area contributed by atoms with Crippen LogP contribution >= 0.6 is 47.2 Å². The summed E-state index contributed by atoms with van der Waals surface area (Å²) in [6.45, 7) is 0. The second-order valence-corrected chi connectivity index (χ2v) is 9.25. The standard InChI is InChI=1S/C27H18Cl3N3O.ClH/c1-33-15-31-14-25(33)26(16-5-8-19(28)9-6-16)18-7-10-23-22(12-18)21(13-24(32-23)27(30)34)17-3-2-4-20(29)11-17;/h2-15,26H,1H3;1H. The molecule has 0 amide bonds. The first-order chi connectivity index (χ1) is 16.4. The Kier molecular flexibility index (Phi) is 7.48. The Hall–Kier alpha value is -2.89. The van der Waals surface area contributed by atoms with Gasteiger partial charge in [0.05, 0.1) is 17.8 Å². The molecule has 4 nitrogen and oxygen atoms in total. The SMILES string of the molecule is Cl.Cn1cncc1C(c1ccc(Cl)cc1)c1ccc2nc(C(=O)Cl)cc(-c3cccc(Cl)c3)c2c1. The van der Waals surface area contributed by atoms with Gasteiger partial charge in [-0.3, -0.25) is 4.79 Å². The van der Waals surface area contributed by atoms with E-state index >= 15 is 0 Å². The lowest BCUT2D eigenvalue weighted by Gasteiger charge is -2.20. The van der Waals surface area contributed by atoms with E-state index in [1.807, 2.05) is 78.5 Å². The molecule has 2 heterocycles. The molecule has 176 valence electrons. The number of hydrogen-bond donors (Lipinski definition) is 0. The van der Waals surface area contributed by atoms with Crippen LogP contribution in [-0.2, 0) is 7.05 Å². The first-order valence-electron chi connectivity index (χ1n) is 10.5. The van der Waals surface area contributed by atoms with E-state index in [9.17, 15) is 4.79 Å². The van der Waals surface area contributed by atoms with Crippen LogP contribution in [0.2, 0.25) is 10.0 Å². The number of benzene rings is 3. The molecule has 1 atom stereocenters. The number of imidazole rings is 1. The van der Waals surface area contributed by atoms with Crippen molar-refractivity contribution in [3.63, 3.8) is 0 Å².